The van der Waals surface area contributed by atoms with Crippen molar-refractivity contribution < 1.29 is 4.39 Å². The van der Waals surface area contributed by atoms with Crippen molar-refractivity contribution in [1.29, 1.82) is 0 Å². The van der Waals surface area contributed by atoms with Crippen LogP contribution in [0.25, 0.3) is 0 Å². The molecule has 1 N–H and O–H groups in total. The lowest BCUT2D eigenvalue weighted by molar-refractivity contribution is 0.521. The summed E-state index contributed by atoms with van der Waals surface area (Å²) in [6.45, 7) is 6.75. The van der Waals surface area contributed by atoms with Crippen LogP contribution in [-0.2, 0) is 6.42 Å². The summed E-state index contributed by atoms with van der Waals surface area (Å²) in [7, 11) is 0. The smallest absolute Gasteiger partial charge is 0.123 e. The normalized spacial score (nSPS) is 12.4. The van der Waals surface area contributed by atoms with Gasteiger partial charge in [-0.1, -0.05) is 18.2 Å². The molecule has 2 heteroatoms. The standard InChI is InChI=1S/C14H20FN/c1-3-4-6-12(2)16-10-9-13-7-5-8-14(15)11-13/h3,5,7-8,11-12,16H,1,4,6,9-10H2,2H3. The van der Waals surface area contributed by atoms with Gasteiger partial charge < -0.3 is 5.32 Å². The largest absolute Gasteiger partial charge is 0.314 e. The van der Waals surface area contributed by atoms with Gasteiger partial charge in [-0.05, 0) is 50.4 Å². The van der Waals surface area contributed by atoms with Crippen LogP contribution in [-0.4, -0.2) is 12.6 Å². The Morgan fingerprint density at radius 3 is 3.00 bits per heavy atom. The minimum Gasteiger partial charge on any atom is -0.314 e. The molecule has 1 aromatic carbocycles. The zero-order valence-corrected chi connectivity index (χ0v) is 9.88. The third-order valence-electron chi connectivity index (χ3n) is 2.60. The summed E-state index contributed by atoms with van der Waals surface area (Å²) < 4.78 is 12.9. The van der Waals surface area contributed by atoms with Crippen molar-refractivity contribution in [3.8, 4) is 0 Å². The molecule has 0 aliphatic carbocycles. The second-order valence-electron chi connectivity index (χ2n) is 4.10. The van der Waals surface area contributed by atoms with E-state index in [1.54, 1.807) is 12.1 Å². The maximum Gasteiger partial charge on any atom is 0.123 e. The highest BCUT2D eigenvalue weighted by atomic mass is 19.1. The van der Waals surface area contributed by atoms with Crippen molar-refractivity contribution >= 4 is 0 Å². The summed E-state index contributed by atoms with van der Waals surface area (Å²) in [5, 5.41) is 3.42. The highest BCUT2D eigenvalue weighted by Gasteiger charge is 2.00. The summed E-state index contributed by atoms with van der Waals surface area (Å²) in [6.07, 6.45) is 4.95. The van der Waals surface area contributed by atoms with Crippen LogP contribution in [0.15, 0.2) is 36.9 Å². The van der Waals surface area contributed by atoms with Gasteiger partial charge in [0, 0.05) is 6.04 Å². The van der Waals surface area contributed by atoms with Gasteiger partial charge in [-0.25, -0.2) is 4.39 Å². The van der Waals surface area contributed by atoms with Crippen LogP contribution in [0.3, 0.4) is 0 Å². The molecule has 0 aliphatic heterocycles. The van der Waals surface area contributed by atoms with E-state index in [1.165, 1.54) is 6.07 Å². The first-order valence-electron chi connectivity index (χ1n) is 5.81. The second-order valence-corrected chi connectivity index (χ2v) is 4.10. The highest BCUT2D eigenvalue weighted by molar-refractivity contribution is 5.16. The average Bonchev–Trinajstić information content (AvgIpc) is 2.26. The summed E-state index contributed by atoms with van der Waals surface area (Å²) in [5.74, 6) is -0.155. The van der Waals surface area contributed by atoms with Gasteiger partial charge in [-0.2, -0.15) is 0 Å². The van der Waals surface area contributed by atoms with Gasteiger partial charge in [-0.15, -0.1) is 6.58 Å². The Labute approximate surface area is 97.4 Å². The van der Waals surface area contributed by atoms with Gasteiger partial charge in [0.2, 0.25) is 0 Å². The Hall–Kier alpha value is -1.15. The number of allylic oxidation sites excluding steroid dienone is 1. The molecule has 1 aromatic rings. The first kappa shape index (κ1) is 12.9. The van der Waals surface area contributed by atoms with Gasteiger partial charge in [-0.3, -0.25) is 0 Å². The van der Waals surface area contributed by atoms with Crippen LogP contribution in [0.1, 0.15) is 25.3 Å². The Kier molecular flexibility index (Phi) is 5.79. The van der Waals surface area contributed by atoms with Crippen LogP contribution >= 0.6 is 0 Å². The predicted molar refractivity (Wildman–Crippen MR) is 67.0 cm³/mol. The van der Waals surface area contributed by atoms with Gasteiger partial charge >= 0.3 is 0 Å². The molecule has 16 heavy (non-hydrogen) atoms. The van der Waals surface area contributed by atoms with Crippen LogP contribution in [0, 0.1) is 5.82 Å². The minimum absolute atomic E-state index is 0.155. The molecule has 0 heterocycles. The van der Waals surface area contributed by atoms with Crippen LogP contribution in [0.4, 0.5) is 4.39 Å². The fraction of sp³-hybridized carbons (Fsp3) is 0.429. The van der Waals surface area contributed by atoms with E-state index in [-0.39, 0.29) is 5.82 Å². The van der Waals surface area contributed by atoms with Crippen molar-refractivity contribution in [2.24, 2.45) is 0 Å². The molecule has 88 valence electrons. The highest BCUT2D eigenvalue weighted by Crippen LogP contribution is 2.04. The Morgan fingerprint density at radius 2 is 2.31 bits per heavy atom. The summed E-state index contributed by atoms with van der Waals surface area (Å²) in [4.78, 5) is 0. The molecular weight excluding hydrogens is 201 g/mol. The molecular formula is C14H20FN. The number of nitrogens with one attached hydrogen (secondary N) is 1. The van der Waals surface area contributed by atoms with E-state index >= 15 is 0 Å². The summed E-state index contributed by atoms with van der Waals surface area (Å²) in [5.41, 5.74) is 1.04. The molecule has 1 rings (SSSR count). The average molecular weight is 221 g/mol. The minimum atomic E-state index is -0.155. The number of rotatable bonds is 7. The van der Waals surface area contributed by atoms with Crippen LogP contribution < -0.4 is 5.32 Å². The lowest BCUT2D eigenvalue weighted by Gasteiger charge is -2.12. The van der Waals surface area contributed by atoms with Gasteiger partial charge in [0.25, 0.3) is 0 Å². The number of hydrogen-bond acceptors (Lipinski definition) is 1. The van der Waals surface area contributed by atoms with E-state index < -0.39 is 0 Å². The lowest BCUT2D eigenvalue weighted by atomic mass is 10.1. The van der Waals surface area contributed by atoms with Crippen LogP contribution in [0.2, 0.25) is 0 Å². The van der Waals surface area contributed by atoms with Gasteiger partial charge in [0.05, 0.1) is 0 Å². The molecule has 0 saturated heterocycles. The molecule has 0 amide bonds. The van der Waals surface area contributed by atoms with E-state index in [9.17, 15) is 4.39 Å². The Balaban J connectivity index is 2.22. The Morgan fingerprint density at radius 1 is 1.50 bits per heavy atom. The Bertz CT molecular complexity index is 322. The molecule has 1 nitrogen and oxygen atoms in total. The second kappa shape index (κ2) is 7.18. The first-order chi connectivity index (χ1) is 7.72. The maximum absolute atomic E-state index is 12.9. The maximum atomic E-state index is 12.9. The molecule has 0 aromatic heterocycles. The lowest BCUT2D eigenvalue weighted by Crippen LogP contribution is -2.27. The van der Waals surface area contributed by atoms with Crippen molar-refractivity contribution in [1.82, 2.24) is 5.32 Å². The van der Waals surface area contributed by atoms with Gasteiger partial charge in [0.1, 0.15) is 5.82 Å². The topological polar surface area (TPSA) is 12.0 Å². The van der Waals surface area contributed by atoms with Crippen molar-refractivity contribution in [2.75, 3.05) is 6.54 Å². The number of hydrogen-bond donors (Lipinski definition) is 1. The van der Waals surface area contributed by atoms with E-state index in [0.29, 0.717) is 6.04 Å². The molecule has 0 bridgehead atoms. The third kappa shape index (κ3) is 5.08. The van der Waals surface area contributed by atoms with Crippen molar-refractivity contribution in [3.05, 3.63) is 48.3 Å². The summed E-state index contributed by atoms with van der Waals surface area (Å²) in [6, 6.07) is 7.27. The molecule has 0 radical (unpaired) electrons. The molecule has 0 spiro atoms. The molecule has 1 atom stereocenters. The number of benzene rings is 1. The zero-order chi connectivity index (χ0) is 11.8. The van der Waals surface area contributed by atoms with E-state index in [1.807, 2.05) is 12.1 Å². The first-order valence-corrected chi connectivity index (χ1v) is 5.81. The molecule has 0 aliphatic rings. The predicted octanol–water partition coefficient (Wildman–Crippen LogP) is 3.31. The van der Waals surface area contributed by atoms with E-state index in [4.69, 9.17) is 0 Å². The molecule has 0 saturated carbocycles. The van der Waals surface area contributed by atoms with Crippen LogP contribution in [0.5, 0.6) is 0 Å². The fourth-order valence-electron chi connectivity index (χ4n) is 1.63. The summed E-state index contributed by atoms with van der Waals surface area (Å²) >= 11 is 0. The van der Waals surface area contributed by atoms with E-state index in [0.717, 1.165) is 31.4 Å². The monoisotopic (exact) mass is 221 g/mol. The quantitative estimate of drug-likeness (QED) is 0.696. The SMILES string of the molecule is C=CCCC(C)NCCc1cccc(F)c1. The van der Waals surface area contributed by atoms with Crippen molar-refractivity contribution in [2.45, 2.75) is 32.2 Å². The van der Waals surface area contributed by atoms with Crippen molar-refractivity contribution in [3.63, 3.8) is 0 Å². The number of halogens is 1. The zero-order valence-electron chi connectivity index (χ0n) is 9.88. The van der Waals surface area contributed by atoms with E-state index in [2.05, 4.69) is 18.8 Å². The van der Waals surface area contributed by atoms with Gasteiger partial charge in [0.15, 0.2) is 0 Å². The molecule has 1 unspecified atom stereocenters. The molecule has 0 fully saturated rings. The fourth-order valence-corrected chi connectivity index (χ4v) is 1.63. The third-order valence-corrected chi connectivity index (χ3v) is 2.60.